The lowest BCUT2D eigenvalue weighted by Gasteiger charge is -2.32. The molecule has 2 amide bonds. The molecule has 0 aromatic heterocycles. The lowest BCUT2D eigenvalue weighted by atomic mass is 10.1. The first-order chi connectivity index (χ1) is 16.2. The summed E-state index contributed by atoms with van der Waals surface area (Å²) in [5, 5.41) is 3.41. The van der Waals surface area contributed by atoms with Gasteiger partial charge in [-0.05, 0) is 64.3 Å². The summed E-state index contributed by atoms with van der Waals surface area (Å²) in [5.41, 5.74) is 1.62. The van der Waals surface area contributed by atoms with E-state index >= 15 is 0 Å². The number of nitrogens with zero attached hydrogens (tertiary/aromatic N) is 2. The van der Waals surface area contributed by atoms with Gasteiger partial charge in [-0.2, -0.15) is 0 Å². The van der Waals surface area contributed by atoms with Crippen LogP contribution >= 0.6 is 11.6 Å². The van der Waals surface area contributed by atoms with Crippen LogP contribution < -0.4 is 9.62 Å². The Hall–Kier alpha value is -2.58. The Labute approximate surface area is 214 Å². The maximum atomic E-state index is 13.3. The van der Waals surface area contributed by atoms with Gasteiger partial charge in [0, 0.05) is 30.1 Å². The first-order valence-corrected chi connectivity index (χ1v) is 13.8. The highest BCUT2D eigenvalue weighted by Gasteiger charge is 2.28. The number of anilines is 1. The molecule has 0 aliphatic heterocycles. The van der Waals surface area contributed by atoms with Crippen molar-refractivity contribution in [2.75, 3.05) is 17.1 Å². The van der Waals surface area contributed by atoms with E-state index in [4.69, 9.17) is 11.6 Å². The highest BCUT2D eigenvalue weighted by molar-refractivity contribution is 7.92. The van der Waals surface area contributed by atoms with E-state index < -0.39 is 21.6 Å². The molecule has 35 heavy (non-hydrogen) atoms. The van der Waals surface area contributed by atoms with Crippen LogP contribution in [0, 0.1) is 6.92 Å². The summed E-state index contributed by atoms with van der Waals surface area (Å²) in [4.78, 5) is 27.7. The van der Waals surface area contributed by atoms with E-state index in [-0.39, 0.29) is 37.7 Å². The molecule has 0 saturated carbocycles. The van der Waals surface area contributed by atoms with Crippen molar-refractivity contribution in [3.8, 4) is 0 Å². The zero-order chi connectivity index (χ0) is 26.4. The van der Waals surface area contributed by atoms with Crippen molar-refractivity contribution >= 4 is 39.1 Å². The topological polar surface area (TPSA) is 86.8 Å². The average molecular weight is 522 g/mol. The number of amides is 2. The largest absolute Gasteiger partial charge is 0.350 e. The van der Waals surface area contributed by atoms with Crippen LogP contribution in [0.5, 0.6) is 0 Å². The van der Waals surface area contributed by atoms with Crippen molar-refractivity contribution in [1.82, 2.24) is 10.2 Å². The van der Waals surface area contributed by atoms with Crippen molar-refractivity contribution in [1.29, 1.82) is 0 Å². The SMILES string of the molecule is Cc1c(Cl)cccc1N(CCCC(=O)N(Cc1ccccc1)[C@@H](C)C(=O)NC(C)(C)C)S(C)(=O)=O. The molecule has 0 radical (unpaired) electrons. The molecule has 192 valence electrons. The van der Waals surface area contributed by atoms with Crippen LogP contribution in [-0.2, 0) is 26.2 Å². The number of rotatable bonds is 10. The van der Waals surface area contributed by atoms with Crippen LogP contribution in [0.4, 0.5) is 5.69 Å². The van der Waals surface area contributed by atoms with E-state index in [1.165, 1.54) is 4.31 Å². The predicted octanol–water partition coefficient (Wildman–Crippen LogP) is 4.53. The number of hydrogen-bond acceptors (Lipinski definition) is 4. The molecule has 0 aliphatic rings. The maximum absolute atomic E-state index is 13.3. The van der Waals surface area contributed by atoms with Crippen LogP contribution in [0.1, 0.15) is 51.7 Å². The monoisotopic (exact) mass is 521 g/mol. The number of benzene rings is 2. The number of hydrogen-bond donors (Lipinski definition) is 1. The minimum atomic E-state index is -3.59. The van der Waals surface area contributed by atoms with Gasteiger partial charge < -0.3 is 10.2 Å². The molecule has 2 aromatic rings. The molecule has 0 unspecified atom stereocenters. The summed E-state index contributed by atoms with van der Waals surface area (Å²) in [6.07, 6.45) is 1.51. The molecular weight excluding hydrogens is 486 g/mol. The second-order valence-corrected chi connectivity index (χ2v) is 12.1. The summed E-state index contributed by atoms with van der Waals surface area (Å²) >= 11 is 6.20. The Bertz CT molecular complexity index is 1130. The Morgan fingerprint density at radius 2 is 1.69 bits per heavy atom. The Morgan fingerprint density at radius 1 is 1.06 bits per heavy atom. The van der Waals surface area contributed by atoms with Gasteiger partial charge in [0.25, 0.3) is 0 Å². The third-order valence-corrected chi connectivity index (χ3v) is 7.11. The van der Waals surface area contributed by atoms with Crippen molar-refractivity contribution in [3.63, 3.8) is 0 Å². The molecule has 7 nitrogen and oxygen atoms in total. The molecule has 1 atom stereocenters. The van der Waals surface area contributed by atoms with Gasteiger partial charge in [-0.3, -0.25) is 13.9 Å². The fourth-order valence-electron chi connectivity index (χ4n) is 3.69. The summed E-state index contributed by atoms with van der Waals surface area (Å²) < 4.78 is 26.3. The quantitative estimate of drug-likeness (QED) is 0.497. The number of nitrogens with one attached hydrogen (secondary N) is 1. The molecule has 2 aromatic carbocycles. The number of sulfonamides is 1. The standard InChI is InChI=1S/C26H36ClN3O4S/c1-19-22(27)14-10-15-23(19)30(35(6,33)34)17-11-16-24(31)29(18-21-12-8-7-9-13-21)20(2)25(32)28-26(3,4)5/h7-10,12-15,20H,11,16-18H2,1-6H3,(H,28,32)/t20-/m0/s1. The third kappa shape index (κ3) is 8.54. The zero-order valence-electron chi connectivity index (χ0n) is 21.3. The lowest BCUT2D eigenvalue weighted by molar-refractivity contribution is -0.141. The van der Waals surface area contributed by atoms with Crippen molar-refractivity contribution in [3.05, 3.63) is 64.7 Å². The third-order valence-electron chi connectivity index (χ3n) is 5.52. The van der Waals surface area contributed by atoms with E-state index in [1.54, 1.807) is 36.9 Å². The van der Waals surface area contributed by atoms with Crippen molar-refractivity contribution < 1.29 is 18.0 Å². The highest BCUT2D eigenvalue weighted by Crippen LogP contribution is 2.28. The van der Waals surface area contributed by atoms with E-state index in [0.29, 0.717) is 16.3 Å². The van der Waals surface area contributed by atoms with Crippen LogP contribution in [0.15, 0.2) is 48.5 Å². The molecular formula is C26H36ClN3O4S. The zero-order valence-corrected chi connectivity index (χ0v) is 22.9. The first-order valence-electron chi connectivity index (χ1n) is 11.6. The first kappa shape index (κ1) is 28.7. The fourth-order valence-corrected chi connectivity index (χ4v) is 4.87. The fraction of sp³-hybridized carbons (Fsp3) is 0.462. The molecule has 0 aliphatic carbocycles. The van der Waals surface area contributed by atoms with Gasteiger partial charge >= 0.3 is 0 Å². The van der Waals surface area contributed by atoms with Gasteiger partial charge in [0.1, 0.15) is 6.04 Å². The molecule has 0 bridgehead atoms. The molecule has 0 heterocycles. The molecule has 9 heteroatoms. The number of halogens is 1. The van der Waals surface area contributed by atoms with Crippen molar-refractivity contribution in [2.45, 2.75) is 65.6 Å². The lowest BCUT2D eigenvalue weighted by Crippen LogP contribution is -2.52. The second kappa shape index (κ2) is 11.9. The minimum absolute atomic E-state index is 0.0889. The summed E-state index contributed by atoms with van der Waals surface area (Å²) in [5.74, 6) is -0.462. The van der Waals surface area contributed by atoms with Gasteiger partial charge in [-0.1, -0.05) is 48.0 Å². The number of carbonyl (C=O) groups excluding carboxylic acids is 2. The van der Waals surface area contributed by atoms with E-state index in [0.717, 1.165) is 11.8 Å². The molecule has 0 spiro atoms. The van der Waals surface area contributed by atoms with Crippen LogP contribution in [-0.4, -0.2) is 49.5 Å². The van der Waals surface area contributed by atoms with E-state index in [9.17, 15) is 18.0 Å². The minimum Gasteiger partial charge on any atom is -0.350 e. The normalized spacial score (nSPS) is 12.7. The summed E-state index contributed by atoms with van der Waals surface area (Å²) in [6.45, 7) is 9.53. The Morgan fingerprint density at radius 3 is 2.26 bits per heavy atom. The average Bonchev–Trinajstić information content (AvgIpc) is 2.75. The smallest absolute Gasteiger partial charge is 0.242 e. The van der Waals surface area contributed by atoms with E-state index in [2.05, 4.69) is 5.32 Å². The molecule has 0 fully saturated rings. The van der Waals surface area contributed by atoms with E-state index in [1.807, 2.05) is 51.1 Å². The number of carbonyl (C=O) groups is 2. The van der Waals surface area contributed by atoms with Gasteiger partial charge in [0.2, 0.25) is 21.8 Å². The summed E-state index contributed by atoms with van der Waals surface area (Å²) in [7, 11) is -3.59. The van der Waals surface area contributed by atoms with Crippen LogP contribution in [0.3, 0.4) is 0 Å². The van der Waals surface area contributed by atoms with Crippen LogP contribution in [0.2, 0.25) is 5.02 Å². The van der Waals surface area contributed by atoms with Gasteiger partial charge in [0.05, 0.1) is 11.9 Å². The van der Waals surface area contributed by atoms with Crippen molar-refractivity contribution in [2.24, 2.45) is 0 Å². The van der Waals surface area contributed by atoms with Crippen LogP contribution in [0.25, 0.3) is 0 Å². The molecule has 0 saturated heterocycles. The maximum Gasteiger partial charge on any atom is 0.242 e. The second-order valence-electron chi connectivity index (χ2n) is 9.75. The Kier molecular flexibility index (Phi) is 9.75. The molecule has 1 N–H and O–H groups in total. The van der Waals surface area contributed by atoms with Gasteiger partial charge in [0.15, 0.2) is 0 Å². The highest BCUT2D eigenvalue weighted by atomic mass is 35.5. The van der Waals surface area contributed by atoms with Gasteiger partial charge in [-0.25, -0.2) is 8.42 Å². The Balaban J connectivity index is 2.20. The predicted molar refractivity (Wildman–Crippen MR) is 142 cm³/mol. The van der Waals surface area contributed by atoms with Gasteiger partial charge in [-0.15, -0.1) is 0 Å². The summed E-state index contributed by atoms with van der Waals surface area (Å²) in [6, 6.07) is 13.9. The molecule has 2 rings (SSSR count).